The number of aromatic nitrogens is 2. The number of carbonyl (C=O) groups excluding carboxylic acids is 1. The van der Waals surface area contributed by atoms with Crippen molar-refractivity contribution in [2.75, 3.05) is 5.32 Å². The van der Waals surface area contributed by atoms with Gasteiger partial charge in [0, 0.05) is 23.7 Å². The molecule has 4 aromatic rings. The monoisotopic (exact) mass is 482 g/mol. The van der Waals surface area contributed by atoms with Gasteiger partial charge in [0.15, 0.2) is 0 Å². The van der Waals surface area contributed by atoms with E-state index in [0.717, 1.165) is 0 Å². The summed E-state index contributed by atoms with van der Waals surface area (Å²) in [4.78, 5) is 11.2. The maximum Gasteiger partial charge on any atom is 0.282 e. The molecule has 0 saturated carbocycles. The summed E-state index contributed by atoms with van der Waals surface area (Å²) in [5.74, 6) is -0.242. The second-order valence-corrected chi connectivity index (χ2v) is 9.05. The molecule has 174 valence electrons. The van der Waals surface area contributed by atoms with Crippen molar-refractivity contribution < 1.29 is 22.0 Å². The highest BCUT2D eigenvalue weighted by Gasteiger charge is 2.27. The molecule has 0 saturated heterocycles. The molecule has 3 N–H and O–H groups in total. The van der Waals surface area contributed by atoms with Gasteiger partial charge in [-0.05, 0) is 42.0 Å². The molecule has 34 heavy (non-hydrogen) atoms. The number of primary sulfonamides is 1. The lowest BCUT2D eigenvalue weighted by Gasteiger charge is -2.12. The van der Waals surface area contributed by atoms with Crippen LogP contribution in [0.15, 0.2) is 83.8 Å². The molecule has 0 atom stereocenters. The molecule has 7 nitrogen and oxygen atoms in total. The summed E-state index contributed by atoms with van der Waals surface area (Å²) in [5.41, 5.74) is 2.19. The molecule has 0 aliphatic carbocycles. The zero-order chi connectivity index (χ0) is 24.5. The third-order valence-electron chi connectivity index (χ3n) is 5.07. The first-order valence-corrected chi connectivity index (χ1v) is 11.7. The van der Waals surface area contributed by atoms with E-state index in [4.69, 9.17) is 5.14 Å². The SMILES string of the molecule is CC(=O)Nc1ccc(-n2nc(C(F)F)c(-c3ccccc3)c2-c2ccc(S(N)(=O)=O)cc2)cc1. The van der Waals surface area contributed by atoms with Gasteiger partial charge >= 0.3 is 0 Å². The first kappa shape index (κ1) is 23.3. The smallest absolute Gasteiger partial charge is 0.282 e. The van der Waals surface area contributed by atoms with Crippen molar-refractivity contribution in [2.45, 2.75) is 18.2 Å². The molecule has 4 rings (SSSR count). The van der Waals surface area contributed by atoms with Gasteiger partial charge in [0.05, 0.1) is 16.3 Å². The molecule has 1 amide bonds. The van der Waals surface area contributed by atoms with Crippen molar-refractivity contribution in [1.82, 2.24) is 9.78 Å². The summed E-state index contributed by atoms with van der Waals surface area (Å²) in [7, 11) is -3.93. The number of benzene rings is 3. The minimum Gasteiger partial charge on any atom is -0.326 e. The van der Waals surface area contributed by atoms with Gasteiger partial charge in [0.25, 0.3) is 6.43 Å². The fourth-order valence-corrected chi connectivity index (χ4v) is 4.14. The highest BCUT2D eigenvalue weighted by atomic mass is 32.2. The predicted molar refractivity (Wildman–Crippen MR) is 125 cm³/mol. The fourth-order valence-electron chi connectivity index (χ4n) is 3.62. The Morgan fingerprint density at radius 1 is 0.941 bits per heavy atom. The molecule has 1 heterocycles. The van der Waals surface area contributed by atoms with Crippen molar-refractivity contribution in [3.63, 3.8) is 0 Å². The Hall–Kier alpha value is -3.89. The Labute approximate surface area is 194 Å². The summed E-state index contributed by atoms with van der Waals surface area (Å²) in [6, 6.07) is 20.8. The third-order valence-corrected chi connectivity index (χ3v) is 6.00. The van der Waals surface area contributed by atoms with Gasteiger partial charge in [-0.1, -0.05) is 42.5 Å². The number of sulfonamides is 1. The summed E-state index contributed by atoms with van der Waals surface area (Å²) < 4.78 is 53.1. The molecule has 0 fully saturated rings. The van der Waals surface area contributed by atoms with Crippen LogP contribution in [0.25, 0.3) is 28.1 Å². The molecule has 0 aliphatic heterocycles. The largest absolute Gasteiger partial charge is 0.326 e. The van der Waals surface area contributed by atoms with Crippen LogP contribution in [0.2, 0.25) is 0 Å². The number of rotatable bonds is 6. The first-order chi connectivity index (χ1) is 16.1. The number of amides is 1. The van der Waals surface area contributed by atoms with Crippen LogP contribution >= 0.6 is 0 Å². The number of alkyl halides is 2. The van der Waals surface area contributed by atoms with E-state index in [-0.39, 0.29) is 16.4 Å². The van der Waals surface area contributed by atoms with Crippen LogP contribution in [-0.2, 0) is 14.8 Å². The Bertz CT molecular complexity index is 1430. The van der Waals surface area contributed by atoms with Crippen molar-refractivity contribution in [3.05, 3.63) is 84.6 Å². The second-order valence-electron chi connectivity index (χ2n) is 7.48. The lowest BCUT2D eigenvalue weighted by atomic mass is 9.98. The Morgan fingerprint density at radius 2 is 1.56 bits per heavy atom. The Balaban J connectivity index is 1.97. The predicted octanol–water partition coefficient (Wildman–Crippen LogP) is 4.75. The molecule has 1 aromatic heterocycles. The molecule has 0 bridgehead atoms. The minimum atomic E-state index is -3.93. The number of nitrogens with zero attached hydrogens (tertiary/aromatic N) is 2. The maximum atomic E-state index is 14.1. The number of nitrogens with two attached hydrogens (primary N) is 1. The van der Waals surface area contributed by atoms with Crippen molar-refractivity contribution in [3.8, 4) is 28.1 Å². The van der Waals surface area contributed by atoms with Crippen LogP contribution < -0.4 is 10.5 Å². The Kier molecular flexibility index (Phi) is 6.27. The van der Waals surface area contributed by atoms with Crippen LogP contribution in [0.5, 0.6) is 0 Å². The number of hydrogen-bond donors (Lipinski definition) is 2. The van der Waals surface area contributed by atoms with Crippen LogP contribution in [-0.4, -0.2) is 24.1 Å². The van der Waals surface area contributed by atoms with Gasteiger partial charge in [0.2, 0.25) is 15.9 Å². The van der Waals surface area contributed by atoms with E-state index in [1.165, 1.54) is 35.9 Å². The lowest BCUT2D eigenvalue weighted by Crippen LogP contribution is -2.11. The van der Waals surface area contributed by atoms with Gasteiger partial charge < -0.3 is 5.32 Å². The molecular formula is C24H20F2N4O3S. The molecule has 0 spiro atoms. The zero-order valence-electron chi connectivity index (χ0n) is 17.9. The summed E-state index contributed by atoms with van der Waals surface area (Å²) in [6.07, 6.45) is -2.86. The second kappa shape index (κ2) is 9.16. The zero-order valence-corrected chi connectivity index (χ0v) is 18.8. The Morgan fingerprint density at radius 3 is 2.09 bits per heavy atom. The van der Waals surface area contributed by atoms with Gasteiger partial charge in [-0.3, -0.25) is 4.79 Å². The van der Waals surface area contributed by atoms with Gasteiger partial charge in [-0.15, -0.1) is 0 Å². The van der Waals surface area contributed by atoms with Crippen LogP contribution in [0.1, 0.15) is 19.0 Å². The average Bonchev–Trinajstić information content (AvgIpc) is 3.20. The highest BCUT2D eigenvalue weighted by molar-refractivity contribution is 7.89. The van der Waals surface area contributed by atoms with Gasteiger partial charge in [0.1, 0.15) is 5.69 Å². The molecule has 10 heteroatoms. The topological polar surface area (TPSA) is 107 Å². The van der Waals surface area contributed by atoms with Crippen molar-refractivity contribution >= 4 is 21.6 Å². The van der Waals surface area contributed by atoms with E-state index in [1.807, 2.05) is 0 Å². The highest BCUT2D eigenvalue weighted by Crippen LogP contribution is 2.40. The number of nitrogens with one attached hydrogen (secondary N) is 1. The van der Waals surface area contributed by atoms with Crippen LogP contribution in [0, 0.1) is 0 Å². The number of carbonyl (C=O) groups is 1. The van der Waals surface area contributed by atoms with Crippen LogP contribution in [0.4, 0.5) is 14.5 Å². The molecular weight excluding hydrogens is 462 g/mol. The minimum absolute atomic E-state index is 0.0997. The molecule has 0 radical (unpaired) electrons. The maximum absolute atomic E-state index is 14.1. The van der Waals surface area contributed by atoms with Crippen molar-refractivity contribution in [2.24, 2.45) is 5.14 Å². The number of halogens is 2. The molecule has 3 aromatic carbocycles. The first-order valence-electron chi connectivity index (χ1n) is 10.1. The van der Waals surface area contributed by atoms with E-state index in [2.05, 4.69) is 10.4 Å². The molecule has 0 aliphatic rings. The number of anilines is 1. The van der Waals surface area contributed by atoms with E-state index in [0.29, 0.717) is 28.2 Å². The summed E-state index contributed by atoms with van der Waals surface area (Å²) >= 11 is 0. The third kappa shape index (κ3) is 4.73. The van der Waals surface area contributed by atoms with E-state index >= 15 is 0 Å². The van der Waals surface area contributed by atoms with Gasteiger partial charge in [-0.2, -0.15) is 5.10 Å². The molecule has 0 unspecified atom stereocenters. The van der Waals surface area contributed by atoms with Crippen molar-refractivity contribution in [1.29, 1.82) is 0 Å². The number of hydrogen-bond acceptors (Lipinski definition) is 4. The van der Waals surface area contributed by atoms with Crippen LogP contribution in [0.3, 0.4) is 0 Å². The van der Waals surface area contributed by atoms with E-state index in [1.54, 1.807) is 54.6 Å². The lowest BCUT2D eigenvalue weighted by molar-refractivity contribution is -0.114. The standard InChI is InChI=1S/C24H20F2N4O3S/c1-15(31)28-18-9-11-19(12-10-18)30-23(17-7-13-20(14-8-17)34(27,32)33)21(22(29-30)24(25)26)16-5-3-2-4-6-16/h2-14,24H,1H3,(H,28,31)(H2,27,32,33). The van der Waals surface area contributed by atoms with Gasteiger partial charge in [-0.25, -0.2) is 27.0 Å². The fraction of sp³-hybridized carbons (Fsp3) is 0.0833. The quantitative estimate of drug-likeness (QED) is 0.414. The van der Waals surface area contributed by atoms with E-state index in [9.17, 15) is 22.0 Å². The van der Waals surface area contributed by atoms with E-state index < -0.39 is 22.1 Å². The normalized spacial score (nSPS) is 11.6. The summed E-state index contributed by atoms with van der Waals surface area (Å²) in [6.45, 7) is 1.38. The summed E-state index contributed by atoms with van der Waals surface area (Å²) in [5, 5.41) is 12.1. The average molecular weight is 483 g/mol.